The van der Waals surface area contributed by atoms with E-state index < -0.39 is 0 Å². The van der Waals surface area contributed by atoms with E-state index in [9.17, 15) is 0 Å². The molecule has 0 saturated heterocycles. The molecule has 0 radical (unpaired) electrons. The minimum Gasteiger partial charge on any atom is -0.493 e. The molecule has 0 bridgehead atoms. The van der Waals surface area contributed by atoms with E-state index in [1.807, 2.05) is 49.4 Å². The van der Waals surface area contributed by atoms with Crippen LogP contribution >= 0.6 is 11.6 Å². The van der Waals surface area contributed by atoms with Crippen molar-refractivity contribution in [3.05, 3.63) is 53.6 Å². The summed E-state index contributed by atoms with van der Waals surface area (Å²) in [6.07, 6.45) is 0. The van der Waals surface area contributed by atoms with E-state index in [-0.39, 0.29) is 0 Å². The van der Waals surface area contributed by atoms with Crippen LogP contribution in [0.4, 0.5) is 0 Å². The first kappa shape index (κ1) is 12.8. The number of hydrogen-bond donors (Lipinski definition) is 0. The van der Waals surface area contributed by atoms with E-state index in [4.69, 9.17) is 21.1 Å². The molecule has 0 heterocycles. The molecule has 2 aromatic carbocycles. The number of ether oxygens (including phenoxy) is 2. The first-order valence-electron chi connectivity index (χ1n) is 5.71. The normalized spacial score (nSPS) is 10.2. The Kier molecular flexibility index (Phi) is 4.11. The standard InChI is InChI=1S/C15H15ClO2/c1-11-6-3-4-8-13(11)18-14-9-5-7-12(10-16)15(14)17-2/h3-9H,10H2,1-2H3. The summed E-state index contributed by atoms with van der Waals surface area (Å²) in [6, 6.07) is 13.6. The molecule has 0 unspecified atom stereocenters. The van der Waals surface area contributed by atoms with Gasteiger partial charge in [0.15, 0.2) is 11.5 Å². The number of halogens is 1. The van der Waals surface area contributed by atoms with Crippen LogP contribution < -0.4 is 9.47 Å². The fourth-order valence-electron chi connectivity index (χ4n) is 1.77. The highest BCUT2D eigenvalue weighted by Crippen LogP contribution is 2.36. The Morgan fingerprint density at radius 1 is 1.00 bits per heavy atom. The monoisotopic (exact) mass is 262 g/mol. The SMILES string of the molecule is COc1c(CCl)cccc1Oc1ccccc1C. The lowest BCUT2D eigenvalue weighted by atomic mass is 10.2. The number of hydrogen-bond acceptors (Lipinski definition) is 2. The summed E-state index contributed by atoms with van der Waals surface area (Å²) in [4.78, 5) is 0. The van der Waals surface area contributed by atoms with E-state index in [0.717, 1.165) is 16.9 Å². The summed E-state index contributed by atoms with van der Waals surface area (Å²) >= 11 is 5.88. The van der Waals surface area contributed by atoms with Gasteiger partial charge in [0.05, 0.1) is 13.0 Å². The van der Waals surface area contributed by atoms with Gasteiger partial charge in [0, 0.05) is 5.56 Å². The molecule has 0 aromatic heterocycles. The molecule has 18 heavy (non-hydrogen) atoms. The number of aryl methyl sites for hydroxylation is 1. The number of alkyl halides is 1. The van der Waals surface area contributed by atoms with Crippen molar-refractivity contribution in [2.45, 2.75) is 12.8 Å². The largest absolute Gasteiger partial charge is 0.493 e. The van der Waals surface area contributed by atoms with E-state index in [1.165, 1.54) is 0 Å². The molecule has 3 heteroatoms. The Bertz CT molecular complexity index is 538. The number of benzene rings is 2. The van der Waals surface area contributed by atoms with E-state index in [0.29, 0.717) is 17.4 Å². The van der Waals surface area contributed by atoms with Crippen LogP contribution in [0.5, 0.6) is 17.2 Å². The first-order chi connectivity index (χ1) is 8.76. The Hall–Kier alpha value is -1.67. The van der Waals surface area contributed by atoms with Gasteiger partial charge in [-0.1, -0.05) is 30.3 Å². The fraction of sp³-hybridized carbons (Fsp3) is 0.200. The molecule has 2 aromatic rings. The molecule has 0 aliphatic carbocycles. The van der Waals surface area contributed by atoms with Gasteiger partial charge in [-0.05, 0) is 24.6 Å². The van der Waals surface area contributed by atoms with Crippen molar-refractivity contribution < 1.29 is 9.47 Å². The molecule has 0 atom stereocenters. The molecule has 94 valence electrons. The van der Waals surface area contributed by atoms with Crippen molar-refractivity contribution in [3.8, 4) is 17.2 Å². The summed E-state index contributed by atoms with van der Waals surface area (Å²) in [5, 5.41) is 0. The molecule has 0 spiro atoms. The maximum absolute atomic E-state index is 5.89. The lowest BCUT2D eigenvalue weighted by Crippen LogP contribution is -1.95. The fourth-order valence-corrected chi connectivity index (χ4v) is 1.98. The zero-order chi connectivity index (χ0) is 13.0. The molecule has 2 rings (SSSR count). The quantitative estimate of drug-likeness (QED) is 0.754. The third kappa shape index (κ3) is 2.59. The molecular formula is C15H15ClO2. The average Bonchev–Trinajstić information content (AvgIpc) is 2.41. The van der Waals surface area contributed by atoms with Gasteiger partial charge in [0.1, 0.15) is 5.75 Å². The van der Waals surface area contributed by atoms with Crippen molar-refractivity contribution in [2.75, 3.05) is 7.11 Å². The minimum absolute atomic E-state index is 0.397. The molecule has 0 saturated carbocycles. The smallest absolute Gasteiger partial charge is 0.169 e. The third-order valence-corrected chi connectivity index (χ3v) is 3.01. The van der Waals surface area contributed by atoms with Gasteiger partial charge in [0.2, 0.25) is 0 Å². The van der Waals surface area contributed by atoms with Gasteiger partial charge in [-0.3, -0.25) is 0 Å². The predicted molar refractivity (Wildman–Crippen MR) is 73.8 cm³/mol. The zero-order valence-electron chi connectivity index (χ0n) is 10.4. The maximum atomic E-state index is 5.89. The predicted octanol–water partition coefficient (Wildman–Crippen LogP) is 4.53. The van der Waals surface area contributed by atoms with Crippen LogP contribution in [0.25, 0.3) is 0 Å². The molecule has 0 N–H and O–H groups in total. The van der Waals surface area contributed by atoms with Gasteiger partial charge in [-0.15, -0.1) is 11.6 Å². The Morgan fingerprint density at radius 3 is 2.39 bits per heavy atom. The second kappa shape index (κ2) is 5.78. The van der Waals surface area contributed by atoms with E-state index in [2.05, 4.69) is 0 Å². The summed E-state index contributed by atoms with van der Waals surface area (Å²) in [7, 11) is 1.62. The highest BCUT2D eigenvalue weighted by Gasteiger charge is 2.10. The minimum atomic E-state index is 0.397. The Morgan fingerprint density at radius 2 is 1.72 bits per heavy atom. The molecule has 2 nitrogen and oxygen atoms in total. The molecule has 0 amide bonds. The topological polar surface area (TPSA) is 18.5 Å². The number of rotatable bonds is 4. The second-order valence-electron chi connectivity index (χ2n) is 3.95. The summed E-state index contributed by atoms with van der Waals surface area (Å²) in [6.45, 7) is 2.01. The Labute approximate surface area is 112 Å². The van der Waals surface area contributed by atoms with Crippen LogP contribution in [0.3, 0.4) is 0 Å². The number of para-hydroxylation sites is 2. The molecular weight excluding hydrogens is 248 g/mol. The van der Waals surface area contributed by atoms with E-state index in [1.54, 1.807) is 7.11 Å². The maximum Gasteiger partial charge on any atom is 0.169 e. The first-order valence-corrected chi connectivity index (χ1v) is 6.25. The van der Waals surface area contributed by atoms with Crippen LogP contribution in [0.1, 0.15) is 11.1 Å². The lowest BCUT2D eigenvalue weighted by molar-refractivity contribution is 0.375. The average molecular weight is 263 g/mol. The third-order valence-electron chi connectivity index (χ3n) is 2.72. The second-order valence-corrected chi connectivity index (χ2v) is 4.22. The molecule has 0 aliphatic heterocycles. The lowest BCUT2D eigenvalue weighted by Gasteiger charge is -2.14. The highest BCUT2D eigenvalue weighted by atomic mass is 35.5. The summed E-state index contributed by atoms with van der Waals surface area (Å²) in [5.74, 6) is 2.59. The zero-order valence-corrected chi connectivity index (χ0v) is 11.2. The van der Waals surface area contributed by atoms with Crippen molar-refractivity contribution >= 4 is 11.6 Å². The van der Waals surface area contributed by atoms with Crippen molar-refractivity contribution in [1.82, 2.24) is 0 Å². The van der Waals surface area contributed by atoms with Crippen molar-refractivity contribution in [3.63, 3.8) is 0 Å². The summed E-state index contributed by atoms with van der Waals surface area (Å²) in [5.41, 5.74) is 2.00. The van der Waals surface area contributed by atoms with Gasteiger partial charge in [-0.25, -0.2) is 0 Å². The summed E-state index contributed by atoms with van der Waals surface area (Å²) < 4.78 is 11.3. The highest BCUT2D eigenvalue weighted by molar-refractivity contribution is 6.17. The van der Waals surface area contributed by atoms with Crippen LogP contribution in [0.15, 0.2) is 42.5 Å². The van der Waals surface area contributed by atoms with Gasteiger partial charge >= 0.3 is 0 Å². The Balaban J connectivity index is 2.37. The van der Waals surface area contributed by atoms with Gasteiger partial charge < -0.3 is 9.47 Å². The van der Waals surface area contributed by atoms with Crippen LogP contribution in [-0.2, 0) is 5.88 Å². The van der Waals surface area contributed by atoms with Gasteiger partial charge in [-0.2, -0.15) is 0 Å². The van der Waals surface area contributed by atoms with Gasteiger partial charge in [0.25, 0.3) is 0 Å². The van der Waals surface area contributed by atoms with Crippen molar-refractivity contribution in [2.24, 2.45) is 0 Å². The molecule has 0 fully saturated rings. The molecule has 0 aliphatic rings. The van der Waals surface area contributed by atoms with Crippen LogP contribution in [0.2, 0.25) is 0 Å². The van der Waals surface area contributed by atoms with Crippen LogP contribution in [-0.4, -0.2) is 7.11 Å². The van der Waals surface area contributed by atoms with Crippen molar-refractivity contribution in [1.29, 1.82) is 0 Å². The van der Waals surface area contributed by atoms with E-state index >= 15 is 0 Å². The van der Waals surface area contributed by atoms with Crippen LogP contribution in [0, 0.1) is 6.92 Å². The number of methoxy groups -OCH3 is 1.